The first-order valence-electron chi connectivity index (χ1n) is 11.1. The minimum atomic E-state index is -0.802. The van der Waals surface area contributed by atoms with Crippen molar-refractivity contribution in [2.24, 2.45) is 5.92 Å². The Bertz CT molecular complexity index is 1050. The van der Waals surface area contributed by atoms with Crippen molar-refractivity contribution in [2.45, 2.75) is 39.4 Å². The highest BCUT2D eigenvalue weighted by Gasteiger charge is 2.44. The van der Waals surface area contributed by atoms with Crippen molar-refractivity contribution in [3.63, 3.8) is 0 Å². The summed E-state index contributed by atoms with van der Waals surface area (Å²) in [5, 5.41) is 2.25. The van der Waals surface area contributed by atoms with E-state index in [1.807, 2.05) is 18.2 Å². The van der Waals surface area contributed by atoms with Crippen molar-refractivity contribution < 1.29 is 38.1 Å². The molecular formula is C25H30N2O8. The molecule has 10 heteroatoms. The van der Waals surface area contributed by atoms with E-state index in [2.05, 4.69) is 0 Å². The molecule has 1 atom stereocenters. The van der Waals surface area contributed by atoms with Gasteiger partial charge in [-0.05, 0) is 38.3 Å². The molecule has 2 aliphatic rings. The minimum absolute atomic E-state index is 0.0151. The number of ether oxygens (including phenoxy) is 4. The van der Waals surface area contributed by atoms with Gasteiger partial charge in [0.05, 0.1) is 38.5 Å². The molecule has 35 heavy (non-hydrogen) atoms. The van der Waals surface area contributed by atoms with Gasteiger partial charge >= 0.3 is 24.1 Å². The molecule has 1 heterocycles. The van der Waals surface area contributed by atoms with Gasteiger partial charge in [-0.2, -0.15) is 0 Å². The third kappa shape index (κ3) is 6.00. The van der Waals surface area contributed by atoms with E-state index in [0.29, 0.717) is 5.57 Å². The zero-order valence-corrected chi connectivity index (χ0v) is 20.5. The van der Waals surface area contributed by atoms with Crippen LogP contribution in [-0.4, -0.2) is 67.1 Å². The molecule has 0 N–H and O–H groups in total. The molecule has 1 aromatic carbocycles. The fourth-order valence-electron chi connectivity index (χ4n) is 3.93. The quantitative estimate of drug-likeness (QED) is 0.362. The summed E-state index contributed by atoms with van der Waals surface area (Å²) in [4.78, 5) is 51.2. The number of nitrogens with zero attached hydrogens (tertiary/aromatic N) is 2. The summed E-state index contributed by atoms with van der Waals surface area (Å²) >= 11 is 0. The highest BCUT2D eigenvalue weighted by atomic mass is 16.6. The van der Waals surface area contributed by atoms with E-state index in [1.165, 1.54) is 14.2 Å². The van der Waals surface area contributed by atoms with Crippen LogP contribution in [0.5, 0.6) is 0 Å². The van der Waals surface area contributed by atoms with Crippen LogP contribution in [0.3, 0.4) is 0 Å². The summed E-state index contributed by atoms with van der Waals surface area (Å²) in [5.74, 6) is -2.05. The molecule has 0 bridgehead atoms. The fourth-order valence-corrected chi connectivity index (χ4v) is 3.93. The van der Waals surface area contributed by atoms with Gasteiger partial charge in [-0.3, -0.25) is 0 Å². The maximum Gasteiger partial charge on any atom is 0.429 e. The lowest BCUT2D eigenvalue weighted by atomic mass is 9.80. The highest BCUT2D eigenvalue weighted by Crippen LogP contribution is 2.37. The standard InChI is InChI=1S/C25H30N2O8/c1-25(2,3)35-24(31)26-13-17-11-12-18(21(28)32-4)20(22(29)33-5)19(17)14-27(26)23(30)34-15-16-9-7-6-8-10-16/h6-11,19H,12-15H2,1-5H3. The summed E-state index contributed by atoms with van der Waals surface area (Å²) < 4.78 is 20.8. The fraction of sp³-hybridized carbons (Fsp3) is 0.440. The maximum absolute atomic E-state index is 13.2. The number of carbonyl (C=O) groups is 4. The second-order valence-corrected chi connectivity index (χ2v) is 9.07. The lowest BCUT2D eigenvalue weighted by Crippen LogP contribution is -2.58. The molecule has 1 unspecified atom stereocenters. The number of allylic oxidation sites excluding steroid dienone is 1. The molecule has 1 aliphatic heterocycles. The zero-order valence-electron chi connectivity index (χ0n) is 20.5. The molecule has 0 spiro atoms. The first-order chi connectivity index (χ1) is 16.6. The molecule has 188 valence electrons. The Morgan fingerprint density at radius 1 is 0.943 bits per heavy atom. The largest absolute Gasteiger partial charge is 0.466 e. The van der Waals surface area contributed by atoms with Crippen LogP contribution in [0.25, 0.3) is 0 Å². The van der Waals surface area contributed by atoms with Crippen molar-refractivity contribution in [1.29, 1.82) is 0 Å². The van der Waals surface area contributed by atoms with Gasteiger partial charge in [0.2, 0.25) is 0 Å². The van der Waals surface area contributed by atoms with Crippen LogP contribution in [0.4, 0.5) is 9.59 Å². The Morgan fingerprint density at radius 3 is 2.20 bits per heavy atom. The summed E-state index contributed by atoms with van der Waals surface area (Å²) in [6.45, 7) is 4.97. The molecule has 1 aliphatic carbocycles. The number of hydrogen-bond acceptors (Lipinski definition) is 8. The number of carbonyl (C=O) groups excluding carboxylic acids is 4. The SMILES string of the molecule is COC(=O)C1=C(C(=O)OC)C2CN(C(=O)OCc3ccccc3)N(C(=O)OC(C)(C)C)CC2=CC1. The third-order valence-electron chi connectivity index (χ3n) is 5.53. The van der Waals surface area contributed by atoms with Crippen LogP contribution in [0.2, 0.25) is 0 Å². The maximum atomic E-state index is 13.2. The third-order valence-corrected chi connectivity index (χ3v) is 5.53. The number of rotatable bonds is 4. The van der Waals surface area contributed by atoms with Gasteiger partial charge in [0.15, 0.2) is 0 Å². The summed E-state index contributed by atoms with van der Waals surface area (Å²) in [5.41, 5.74) is 0.890. The molecule has 0 radical (unpaired) electrons. The van der Waals surface area contributed by atoms with E-state index in [9.17, 15) is 19.2 Å². The molecule has 0 saturated carbocycles. The van der Waals surface area contributed by atoms with Gasteiger partial charge in [-0.25, -0.2) is 29.2 Å². The highest BCUT2D eigenvalue weighted by molar-refractivity contribution is 6.02. The van der Waals surface area contributed by atoms with Crippen molar-refractivity contribution >= 4 is 24.1 Å². The van der Waals surface area contributed by atoms with Crippen LogP contribution in [0, 0.1) is 5.92 Å². The van der Waals surface area contributed by atoms with E-state index in [0.717, 1.165) is 15.6 Å². The van der Waals surface area contributed by atoms with Gasteiger partial charge in [0.25, 0.3) is 0 Å². The second kappa shape index (κ2) is 10.6. The number of fused-ring (bicyclic) bond motifs is 1. The first-order valence-corrected chi connectivity index (χ1v) is 11.1. The van der Waals surface area contributed by atoms with Crippen molar-refractivity contribution in [1.82, 2.24) is 10.0 Å². The van der Waals surface area contributed by atoms with E-state index in [-0.39, 0.29) is 37.3 Å². The molecular weight excluding hydrogens is 456 g/mol. The van der Waals surface area contributed by atoms with Crippen LogP contribution < -0.4 is 0 Å². The Kier molecular flexibility index (Phi) is 7.83. The number of hydrazine groups is 1. The van der Waals surface area contributed by atoms with Crippen LogP contribution >= 0.6 is 0 Å². The minimum Gasteiger partial charge on any atom is -0.466 e. The van der Waals surface area contributed by atoms with Gasteiger partial charge < -0.3 is 18.9 Å². The Morgan fingerprint density at radius 2 is 1.60 bits per heavy atom. The molecule has 2 amide bonds. The summed E-state index contributed by atoms with van der Waals surface area (Å²) in [6.07, 6.45) is 0.348. The second-order valence-electron chi connectivity index (χ2n) is 9.07. The van der Waals surface area contributed by atoms with Crippen LogP contribution in [-0.2, 0) is 35.1 Å². The molecule has 1 aromatic rings. The lowest BCUT2D eigenvalue weighted by Gasteiger charge is -2.44. The van der Waals surface area contributed by atoms with E-state index in [1.54, 1.807) is 39.0 Å². The van der Waals surface area contributed by atoms with Crippen LogP contribution in [0.15, 0.2) is 53.1 Å². The number of benzene rings is 1. The van der Waals surface area contributed by atoms with E-state index in [4.69, 9.17) is 18.9 Å². The Hall–Kier alpha value is -3.82. The predicted octanol–water partition coefficient (Wildman–Crippen LogP) is 3.38. The smallest absolute Gasteiger partial charge is 0.429 e. The van der Waals surface area contributed by atoms with Crippen molar-refractivity contribution in [3.8, 4) is 0 Å². The Balaban J connectivity index is 1.94. The topological polar surface area (TPSA) is 112 Å². The number of methoxy groups -OCH3 is 2. The zero-order chi connectivity index (χ0) is 25.8. The van der Waals surface area contributed by atoms with Crippen LogP contribution in [0.1, 0.15) is 32.8 Å². The van der Waals surface area contributed by atoms with E-state index < -0.39 is 35.6 Å². The van der Waals surface area contributed by atoms with Gasteiger partial charge in [-0.15, -0.1) is 0 Å². The average Bonchev–Trinajstić information content (AvgIpc) is 2.84. The molecule has 1 saturated heterocycles. The number of amides is 2. The van der Waals surface area contributed by atoms with Gasteiger partial charge in [0.1, 0.15) is 12.2 Å². The number of hydrogen-bond donors (Lipinski definition) is 0. The molecule has 3 rings (SSSR count). The van der Waals surface area contributed by atoms with Crippen molar-refractivity contribution in [3.05, 3.63) is 58.7 Å². The van der Waals surface area contributed by atoms with E-state index >= 15 is 0 Å². The van der Waals surface area contributed by atoms with Crippen molar-refractivity contribution in [2.75, 3.05) is 27.3 Å². The first kappa shape index (κ1) is 25.8. The average molecular weight is 487 g/mol. The number of esters is 2. The molecule has 0 aromatic heterocycles. The van der Waals surface area contributed by atoms with Gasteiger partial charge in [-0.1, -0.05) is 36.4 Å². The Labute approximate surface area is 204 Å². The summed E-state index contributed by atoms with van der Waals surface area (Å²) in [7, 11) is 2.44. The monoisotopic (exact) mass is 486 g/mol. The summed E-state index contributed by atoms with van der Waals surface area (Å²) in [6, 6.07) is 9.09. The normalized spacial score (nSPS) is 17.7. The molecule has 1 fully saturated rings. The molecule has 10 nitrogen and oxygen atoms in total. The van der Waals surface area contributed by atoms with Gasteiger partial charge in [0, 0.05) is 5.92 Å². The lowest BCUT2D eigenvalue weighted by molar-refractivity contribution is -0.140. The predicted molar refractivity (Wildman–Crippen MR) is 124 cm³/mol.